The summed E-state index contributed by atoms with van der Waals surface area (Å²) in [5, 5.41) is 10.6. The molecule has 1 unspecified atom stereocenters. The first-order valence-corrected chi connectivity index (χ1v) is 13.7. The van der Waals surface area contributed by atoms with E-state index in [-0.39, 0.29) is 5.92 Å². The molecule has 6 aromatic carbocycles. The fourth-order valence-electron chi connectivity index (χ4n) is 7.13. The lowest BCUT2D eigenvalue weighted by molar-refractivity contribution is 1.14. The van der Waals surface area contributed by atoms with E-state index in [0.29, 0.717) is 0 Å². The lowest BCUT2D eigenvalue weighted by Gasteiger charge is -2.17. The average molecular weight is 493 g/mol. The molecule has 0 heterocycles. The van der Waals surface area contributed by atoms with Crippen molar-refractivity contribution in [2.75, 3.05) is 0 Å². The maximum absolute atomic E-state index is 2.44. The zero-order chi connectivity index (χ0) is 25.5. The van der Waals surface area contributed by atoms with Gasteiger partial charge in [0.25, 0.3) is 0 Å². The minimum Gasteiger partial charge on any atom is -0.0720 e. The van der Waals surface area contributed by atoms with Crippen LogP contribution in [-0.2, 0) is 0 Å². The Kier molecular flexibility index (Phi) is 4.20. The van der Waals surface area contributed by atoms with Crippen molar-refractivity contribution in [2.24, 2.45) is 0 Å². The SMILES string of the molecule is C1=CC(C2=c3cc4ccccc4cc3=C3C2=c2cc4ccccc4cc2=C3c2ccccc2)c2ccccc21. The Morgan fingerprint density at radius 2 is 0.923 bits per heavy atom. The largest absolute Gasteiger partial charge is 0.0720 e. The number of rotatable bonds is 2. The summed E-state index contributed by atoms with van der Waals surface area (Å²) in [6, 6.07) is 47.2. The Hall–Kier alpha value is -4.94. The summed E-state index contributed by atoms with van der Waals surface area (Å²) < 4.78 is 0. The third-order valence-corrected chi connectivity index (χ3v) is 8.81. The second kappa shape index (κ2) is 7.79. The molecule has 0 nitrogen and oxygen atoms in total. The maximum Gasteiger partial charge on any atom is 0.0291 e. The van der Waals surface area contributed by atoms with E-state index in [1.807, 2.05) is 0 Å². The Labute approximate surface area is 226 Å². The van der Waals surface area contributed by atoms with Crippen LogP contribution >= 0.6 is 0 Å². The van der Waals surface area contributed by atoms with Crippen LogP contribution in [0.25, 0.3) is 49.9 Å². The predicted octanol–water partition coefficient (Wildman–Crippen LogP) is 6.18. The Morgan fingerprint density at radius 1 is 0.410 bits per heavy atom. The van der Waals surface area contributed by atoms with Gasteiger partial charge in [-0.2, -0.15) is 0 Å². The second-order valence-corrected chi connectivity index (χ2v) is 10.9. The van der Waals surface area contributed by atoms with Crippen molar-refractivity contribution in [2.45, 2.75) is 5.92 Å². The van der Waals surface area contributed by atoms with E-state index in [1.54, 1.807) is 0 Å². The van der Waals surface area contributed by atoms with Crippen LogP contribution in [0.15, 0.2) is 133 Å². The molecule has 39 heavy (non-hydrogen) atoms. The first-order chi connectivity index (χ1) is 19.3. The van der Waals surface area contributed by atoms with Crippen molar-refractivity contribution < 1.29 is 0 Å². The molecule has 0 aliphatic heterocycles. The minimum atomic E-state index is 0.225. The molecule has 0 radical (unpaired) electrons. The van der Waals surface area contributed by atoms with Crippen LogP contribution in [0.5, 0.6) is 0 Å². The van der Waals surface area contributed by atoms with Crippen molar-refractivity contribution >= 4 is 49.9 Å². The number of fused-ring (bicyclic) bond motifs is 6. The van der Waals surface area contributed by atoms with Crippen LogP contribution < -0.4 is 20.9 Å². The van der Waals surface area contributed by atoms with Crippen molar-refractivity contribution in [3.05, 3.63) is 171 Å². The molecule has 3 aliphatic carbocycles. The summed E-state index contributed by atoms with van der Waals surface area (Å²) in [6.45, 7) is 0. The van der Waals surface area contributed by atoms with Crippen LogP contribution in [0.2, 0.25) is 0 Å². The molecule has 9 rings (SSSR count). The summed E-state index contributed by atoms with van der Waals surface area (Å²) in [7, 11) is 0. The van der Waals surface area contributed by atoms with Gasteiger partial charge in [0.2, 0.25) is 0 Å². The molecule has 0 saturated heterocycles. The van der Waals surface area contributed by atoms with Gasteiger partial charge < -0.3 is 0 Å². The fourth-order valence-corrected chi connectivity index (χ4v) is 7.13. The molecule has 1 atom stereocenters. The van der Waals surface area contributed by atoms with Gasteiger partial charge in [0.15, 0.2) is 0 Å². The van der Waals surface area contributed by atoms with E-state index in [9.17, 15) is 0 Å². The van der Waals surface area contributed by atoms with Gasteiger partial charge in [-0.3, -0.25) is 0 Å². The molecule has 0 amide bonds. The molecule has 180 valence electrons. The van der Waals surface area contributed by atoms with Crippen LogP contribution in [0.1, 0.15) is 22.6 Å². The highest BCUT2D eigenvalue weighted by Crippen LogP contribution is 2.46. The highest BCUT2D eigenvalue weighted by Gasteiger charge is 2.34. The van der Waals surface area contributed by atoms with Crippen LogP contribution in [0, 0.1) is 0 Å². The zero-order valence-corrected chi connectivity index (χ0v) is 21.4. The van der Waals surface area contributed by atoms with Crippen LogP contribution in [0.3, 0.4) is 0 Å². The normalized spacial score (nSPS) is 16.7. The van der Waals surface area contributed by atoms with Crippen molar-refractivity contribution in [3.63, 3.8) is 0 Å². The molecular weight excluding hydrogens is 468 g/mol. The summed E-state index contributed by atoms with van der Waals surface area (Å²) in [5.74, 6) is 0.225. The molecule has 3 aliphatic rings. The van der Waals surface area contributed by atoms with Crippen molar-refractivity contribution in [1.82, 2.24) is 0 Å². The first kappa shape index (κ1) is 21.0. The molecule has 0 aromatic heterocycles. The molecule has 0 fully saturated rings. The fraction of sp³-hybridized carbons (Fsp3) is 0.0256. The van der Waals surface area contributed by atoms with E-state index >= 15 is 0 Å². The number of hydrogen-bond acceptors (Lipinski definition) is 0. The summed E-state index contributed by atoms with van der Waals surface area (Å²) in [4.78, 5) is 0. The van der Waals surface area contributed by atoms with Gasteiger partial charge in [0.1, 0.15) is 0 Å². The molecule has 0 N–H and O–H groups in total. The first-order valence-electron chi connectivity index (χ1n) is 13.7. The number of benzene rings is 6. The van der Waals surface area contributed by atoms with Gasteiger partial charge in [0.05, 0.1) is 0 Å². The Balaban J connectivity index is 1.52. The van der Waals surface area contributed by atoms with Gasteiger partial charge in [-0.25, -0.2) is 0 Å². The number of hydrogen-bond donors (Lipinski definition) is 0. The third kappa shape index (κ3) is 2.89. The average Bonchev–Trinajstić information content (AvgIpc) is 3.65. The number of allylic oxidation sites excluding steroid dienone is 1. The van der Waals surface area contributed by atoms with Gasteiger partial charge in [-0.1, -0.05) is 115 Å². The lowest BCUT2D eigenvalue weighted by Crippen LogP contribution is -2.29. The predicted molar refractivity (Wildman–Crippen MR) is 164 cm³/mol. The molecule has 0 saturated carbocycles. The molecular formula is C39H24. The highest BCUT2D eigenvalue weighted by molar-refractivity contribution is 6.30. The highest BCUT2D eigenvalue weighted by atomic mass is 14.4. The van der Waals surface area contributed by atoms with Crippen LogP contribution in [0.4, 0.5) is 0 Å². The lowest BCUT2D eigenvalue weighted by atomic mass is 9.85. The van der Waals surface area contributed by atoms with E-state index in [2.05, 4.69) is 140 Å². The van der Waals surface area contributed by atoms with Gasteiger partial charge in [0, 0.05) is 5.92 Å². The zero-order valence-electron chi connectivity index (χ0n) is 21.4. The third-order valence-electron chi connectivity index (χ3n) is 8.81. The quantitative estimate of drug-likeness (QED) is 0.271. The van der Waals surface area contributed by atoms with Gasteiger partial charge in [-0.05, 0) is 106 Å². The monoisotopic (exact) mass is 492 g/mol. The molecule has 6 aromatic rings. The van der Waals surface area contributed by atoms with E-state index in [1.165, 1.54) is 81.4 Å². The van der Waals surface area contributed by atoms with Crippen molar-refractivity contribution in [1.29, 1.82) is 0 Å². The Bertz CT molecular complexity index is 2310. The molecule has 0 spiro atoms. The van der Waals surface area contributed by atoms with Crippen molar-refractivity contribution in [3.8, 4) is 0 Å². The van der Waals surface area contributed by atoms with E-state index in [4.69, 9.17) is 0 Å². The van der Waals surface area contributed by atoms with Gasteiger partial charge in [-0.15, -0.1) is 0 Å². The Morgan fingerprint density at radius 3 is 1.59 bits per heavy atom. The molecule has 0 bridgehead atoms. The summed E-state index contributed by atoms with van der Waals surface area (Å²) in [5.41, 5.74) is 9.60. The topological polar surface area (TPSA) is 0 Å². The maximum atomic E-state index is 2.44. The summed E-state index contributed by atoms with van der Waals surface area (Å²) in [6.07, 6.45) is 4.72. The van der Waals surface area contributed by atoms with E-state index < -0.39 is 0 Å². The second-order valence-electron chi connectivity index (χ2n) is 10.9. The van der Waals surface area contributed by atoms with Crippen LogP contribution in [-0.4, -0.2) is 0 Å². The molecule has 0 heteroatoms. The summed E-state index contributed by atoms with van der Waals surface area (Å²) >= 11 is 0. The minimum absolute atomic E-state index is 0.225. The van der Waals surface area contributed by atoms with Gasteiger partial charge >= 0.3 is 0 Å². The standard InChI is InChI=1S/C39H24/c1-2-11-25(12-3-1)36-32-20-26-13-4-6-15-28(26)22-34(32)39-37(31-19-18-24-10-8-9-17-30(24)31)33-21-27-14-5-7-16-29(27)23-35(33)38(36)39/h1-23,31H. The van der Waals surface area contributed by atoms with E-state index in [0.717, 1.165) is 0 Å². The smallest absolute Gasteiger partial charge is 0.0291 e.